The van der Waals surface area contributed by atoms with E-state index in [9.17, 15) is 9.90 Å². The molecule has 0 saturated carbocycles. The van der Waals surface area contributed by atoms with Gasteiger partial charge in [0.25, 0.3) is 5.91 Å². The predicted molar refractivity (Wildman–Crippen MR) is 96.2 cm³/mol. The van der Waals surface area contributed by atoms with Crippen LogP contribution in [0.2, 0.25) is 0 Å². The molecule has 0 spiro atoms. The van der Waals surface area contributed by atoms with E-state index in [0.717, 1.165) is 37.9 Å². The Balaban J connectivity index is 1.63. The van der Waals surface area contributed by atoms with Crippen LogP contribution in [0.1, 0.15) is 55.5 Å². The highest BCUT2D eigenvalue weighted by Crippen LogP contribution is 2.29. The van der Waals surface area contributed by atoms with E-state index in [1.165, 1.54) is 18.4 Å². The molecule has 1 aromatic carbocycles. The van der Waals surface area contributed by atoms with E-state index in [1.807, 2.05) is 43.0 Å². The zero-order chi connectivity index (χ0) is 17.3. The molecule has 2 aliphatic heterocycles. The van der Waals surface area contributed by atoms with Crippen LogP contribution in [0.25, 0.3) is 0 Å². The topological polar surface area (TPSA) is 43.8 Å². The van der Waals surface area contributed by atoms with Crippen LogP contribution in [0.3, 0.4) is 0 Å². The molecule has 4 heteroatoms. The Morgan fingerprint density at radius 1 is 1.17 bits per heavy atom. The fraction of sp³-hybridized carbons (Fsp3) is 0.650. The minimum atomic E-state index is -0.647. The number of aryl methyl sites for hydroxylation is 1. The van der Waals surface area contributed by atoms with Gasteiger partial charge in [-0.25, -0.2) is 0 Å². The van der Waals surface area contributed by atoms with E-state index in [-0.39, 0.29) is 5.91 Å². The highest BCUT2D eigenvalue weighted by molar-refractivity contribution is 5.94. The monoisotopic (exact) mass is 330 g/mol. The minimum Gasteiger partial charge on any atom is -0.390 e. The van der Waals surface area contributed by atoms with Gasteiger partial charge in [0.05, 0.1) is 5.60 Å². The summed E-state index contributed by atoms with van der Waals surface area (Å²) >= 11 is 0. The number of likely N-dealkylation sites (tertiary alicyclic amines) is 1. The first-order chi connectivity index (χ1) is 11.3. The van der Waals surface area contributed by atoms with Gasteiger partial charge in [-0.3, -0.25) is 9.69 Å². The molecule has 132 valence electrons. The average molecular weight is 330 g/mol. The molecule has 3 rings (SSSR count). The van der Waals surface area contributed by atoms with E-state index < -0.39 is 5.60 Å². The van der Waals surface area contributed by atoms with E-state index in [1.54, 1.807) is 0 Å². The Morgan fingerprint density at radius 3 is 2.50 bits per heavy atom. The summed E-state index contributed by atoms with van der Waals surface area (Å²) in [6.07, 6.45) is 5.13. The van der Waals surface area contributed by atoms with Crippen molar-refractivity contribution in [2.24, 2.45) is 0 Å². The number of likely N-dealkylation sites (N-methyl/N-ethyl adjacent to an activating group) is 1. The van der Waals surface area contributed by atoms with E-state index >= 15 is 0 Å². The molecule has 2 heterocycles. The summed E-state index contributed by atoms with van der Waals surface area (Å²) in [7, 11) is 2.20. The van der Waals surface area contributed by atoms with Crippen LogP contribution in [0, 0.1) is 0 Å². The number of hydrogen-bond donors (Lipinski definition) is 1. The van der Waals surface area contributed by atoms with Crippen molar-refractivity contribution in [3.63, 3.8) is 0 Å². The number of amides is 1. The summed E-state index contributed by atoms with van der Waals surface area (Å²) in [6, 6.07) is 9.10. The summed E-state index contributed by atoms with van der Waals surface area (Å²) < 4.78 is 0. The van der Waals surface area contributed by atoms with Crippen LogP contribution >= 0.6 is 0 Å². The fourth-order valence-electron chi connectivity index (χ4n) is 3.94. The Morgan fingerprint density at radius 2 is 1.83 bits per heavy atom. The van der Waals surface area contributed by atoms with Crippen molar-refractivity contribution in [3.8, 4) is 0 Å². The molecular formula is C20H30N2O2. The summed E-state index contributed by atoms with van der Waals surface area (Å²) in [5.74, 6) is 0.157. The number of benzene rings is 1. The third kappa shape index (κ3) is 3.98. The lowest BCUT2D eigenvalue weighted by molar-refractivity contribution is 0.0711. The van der Waals surface area contributed by atoms with Crippen molar-refractivity contribution in [1.82, 2.24) is 9.80 Å². The van der Waals surface area contributed by atoms with Gasteiger partial charge >= 0.3 is 0 Å². The van der Waals surface area contributed by atoms with Crippen molar-refractivity contribution in [1.29, 1.82) is 0 Å². The van der Waals surface area contributed by atoms with Gasteiger partial charge in [-0.15, -0.1) is 0 Å². The lowest BCUT2D eigenvalue weighted by Gasteiger charge is -2.26. The predicted octanol–water partition coefficient (Wildman–Crippen LogP) is 2.70. The van der Waals surface area contributed by atoms with Crippen LogP contribution in [0.4, 0.5) is 0 Å². The molecule has 1 aromatic rings. The Hall–Kier alpha value is -1.39. The summed E-state index contributed by atoms with van der Waals surface area (Å²) in [4.78, 5) is 17.3. The molecule has 1 amide bonds. The van der Waals surface area contributed by atoms with Gasteiger partial charge in [0.15, 0.2) is 0 Å². The maximum Gasteiger partial charge on any atom is 0.253 e. The largest absolute Gasteiger partial charge is 0.390 e. The number of aliphatic hydroxyl groups is 1. The molecule has 0 aromatic heterocycles. The third-order valence-electron chi connectivity index (χ3n) is 5.66. The van der Waals surface area contributed by atoms with E-state index in [0.29, 0.717) is 12.1 Å². The average Bonchev–Trinajstić information content (AvgIpc) is 2.77. The second-order valence-corrected chi connectivity index (χ2v) is 8.10. The van der Waals surface area contributed by atoms with Gasteiger partial charge in [-0.05, 0) is 70.7 Å². The first kappa shape index (κ1) is 17.4. The quantitative estimate of drug-likeness (QED) is 0.923. The molecule has 2 atom stereocenters. The van der Waals surface area contributed by atoms with Crippen LogP contribution in [-0.4, -0.2) is 58.6 Å². The standard InChI is InChI=1S/C20H30N2O2/c1-20(2,24)12-10-15-4-6-16(7-5-15)19(23)22-13-11-17-8-9-18(14-22)21(17)3/h4-7,17-18,24H,8-14H2,1-3H3/t17-,18+/m1/s1. The molecule has 1 N–H and O–H groups in total. The van der Waals surface area contributed by atoms with Crippen LogP contribution in [0.15, 0.2) is 24.3 Å². The smallest absolute Gasteiger partial charge is 0.253 e. The maximum absolute atomic E-state index is 12.8. The molecular weight excluding hydrogens is 300 g/mol. The molecule has 0 aliphatic carbocycles. The summed E-state index contributed by atoms with van der Waals surface area (Å²) in [5.41, 5.74) is 1.30. The third-order valence-corrected chi connectivity index (χ3v) is 5.66. The van der Waals surface area contributed by atoms with Crippen LogP contribution in [0.5, 0.6) is 0 Å². The van der Waals surface area contributed by atoms with Gasteiger partial charge in [0.2, 0.25) is 0 Å². The maximum atomic E-state index is 12.8. The Kier molecular flexibility index (Phi) is 4.97. The van der Waals surface area contributed by atoms with E-state index in [2.05, 4.69) is 11.9 Å². The van der Waals surface area contributed by atoms with E-state index in [4.69, 9.17) is 0 Å². The zero-order valence-corrected chi connectivity index (χ0v) is 15.2. The SMILES string of the molecule is CN1[C@@H]2CC[C@H]1CN(C(=O)c1ccc(CCC(C)(C)O)cc1)CC2. The van der Waals surface area contributed by atoms with Gasteiger partial charge < -0.3 is 10.0 Å². The molecule has 2 bridgehead atoms. The first-order valence-electron chi connectivity index (χ1n) is 9.16. The van der Waals surface area contributed by atoms with Gasteiger partial charge in [0.1, 0.15) is 0 Å². The van der Waals surface area contributed by atoms with Crippen LogP contribution in [-0.2, 0) is 6.42 Å². The number of fused-ring (bicyclic) bond motifs is 2. The van der Waals surface area contributed by atoms with Gasteiger partial charge in [0, 0.05) is 30.7 Å². The second kappa shape index (κ2) is 6.85. The molecule has 2 fully saturated rings. The number of hydrogen-bond acceptors (Lipinski definition) is 3. The highest BCUT2D eigenvalue weighted by Gasteiger charge is 2.36. The number of rotatable bonds is 4. The molecule has 4 nitrogen and oxygen atoms in total. The molecule has 24 heavy (non-hydrogen) atoms. The van der Waals surface area contributed by atoms with Crippen molar-refractivity contribution >= 4 is 5.91 Å². The lowest BCUT2D eigenvalue weighted by Crippen LogP contribution is -2.39. The molecule has 0 radical (unpaired) electrons. The van der Waals surface area contributed by atoms with Crippen molar-refractivity contribution in [2.75, 3.05) is 20.1 Å². The number of carbonyl (C=O) groups is 1. The summed E-state index contributed by atoms with van der Waals surface area (Å²) in [5, 5.41) is 9.83. The highest BCUT2D eigenvalue weighted by atomic mass is 16.3. The Labute approximate surface area is 145 Å². The zero-order valence-electron chi connectivity index (χ0n) is 15.2. The summed E-state index contributed by atoms with van der Waals surface area (Å²) in [6.45, 7) is 5.38. The van der Waals surface area contributed by atoms with Crippen molar-refractivity contribution in [3.05, 3.63) is 35.4 Å². The normalized spacial score (nSPS) is 24.9. The molecule has 0 unspecified atom stereocenters. The first-order valence-corrected chi connectivity index (χ1v) is 9.16. The number of nitrogens with zero attached hydrogens (tertiary/aromatic N) is 2. The van der Waals surface area contributed by atoms with Gasteiger partial charge in [-0.2, -0.15) is 0 Å². The molecule has 2 aliphatic rings. The van der Waals surface area contributed by atoms with Gasteiger partial charge in [-0.1, -0.05) is 12.1 Å². The Bertz CT molecular complexity index is 576. The number of carbonyl (C=O) groups excluding carboxylic acids is 1. The molecule has 2 saturated heterocycles. The van der Waals surface area contributed by atoms with Crippen molar-refractivity contribution in [2.45, 2.75) is 63.6 Å². The fourth-order valence-corrected chi connectivity index (χ4v) is 3.94. The van der Waals surface area contributed by atoms with Crippen LogP contribution < -0.4 is 0 Å². The lowest BCUT2D eigenvalue weighted by atomic mass is 9.98. The second-order valence-electron chi connectivity index (χ2n) is 8.10. The van der Waals surface area contributed by atoms with Crippen molar-refractivity contribution < 1.29 is 9.90 Å². The minimum absolute atomic E-state index is 0.157.